The highest BCUT2D eigenvalue weighted by molar-refractivity contribution is 7.88. The van der Waals surface area contributed by atoms with Gasteiger partial charge in [-0.3, -0.25) is 9.59 Å². The van der Waals surface area contributed by atoms with Crippen LogP contribution in [0, 0.1) is 6.92 Å². The fraction of sp³-hybridized carbons (Fsp3) is 0.263. The molecule has 3 rings (SSSR count). The lowest BCUT2D eigenvalue weighted by Gasteiger charge is -2.31. The van der Waals surface area contributed by atoms with Gasteiger partial charge in [0, 0.05) is 5.56 Å². The van der Waals surface area contributed by atoms with Gasteiger partial charge in [-0.05, 0) is 30.7 Å². The smallest absolute Gasteiger partial charge is 0.375 e. The molecule has 0 aliphatic carbocycles. The zero-order valence-corrected chi connectivity index (χ0v) is 18.0. The van der Waals surface area contributed by atoms with E-state index in [0.717, 1.165) is 19.1 Å². The highest BCUT2D eigenvalue weighted by Crippen LogP contribution is 2.53. The van der Waals surface area contributed by atoms with E-state index in [4.69, 9.17) is 0 Å². The summed E-state index contributed by atoms with van der Waals surface area (Å²) in [5.41, 5.74) is -16.6. The van der Waals surface area contributed by atoms with Crippen LogP contribution in [-0.2, 0) is 15.8 Å². The topological polar surface area (TPSA) is 80.8 Å². The number of nitrogens with zero attached hydrogens (tertiary/aromatic N) is 1. The van der Waals surface area contributed by atoms with Gasteiger partial charge in [0.1, 0.15) is 0 Å². The molecule has 0 atom stereocenters. The molecule has 1 aliphatic rings. The average molecular weight is 553 g/mol. The van der Waals surface area contributed by atoms with Crippen LogP contribution in [0.5, 0.6) is 5.75 Å². The van der Waals surface area contributed by atoms with Crippen LogP contribution in [0.25, 0.3) is 0 Å². The molecular weight excluding hydrogens is 544 g/mol. The summed E-state index contributed by atoms with van der Waals surface area (Å²) in [6.45, 7) is 0.834. The zero-order valence-electron chi connectivity index (χ0n) is 17.1. The van der Waals surface area contributed by atoms with Gasteiger partial charge in [0.25, 0.3) is 11.8 Å². The maximum absolute atomic E-state index is 14.3. The molecule has 0 unspecified atom stereocenters. The number of aryl methyl sites for hydroxylation is 1. The maximum Gasteiger partial charge on any atom is 0.534 e. The molecular formula is C19H9F10NO5S. The first-order chi connectivity index (χ1) is 16.1. The minimum Gasteiger partial charge on any atom is -0.375 e. The van der Waals surface area contributed by atoms with Crippen LogP contribution in [-0.4, -0.2) is 38.1 Å². The first-order valence-electron chi connectivity index (χ1n) is 9.11. The number of halogens is 10. The quantitative estimate of drug-likeness (QED) is 0.222. The summed E-state index contributed by atoms with van der Waals surface area (Å²) < 4.78 is 157. The summed E-state index contributed by atoms with van der Waals surface area (Å²) in [6.07, 6.45) is -12.9. The largest absolute Gasteiger partial charge is 0.534 e. The van der Waals surface area contributed by atoms with E-state index in [9.17, 15) is 61.9 Å². The summed E-state index contributed by atoms with van der Waals surface area (Å²) in [4.78, 5) is 25.7. The molecule has 0 bridgehead atoms. The molecule has 0 spiro atoms. The van der Waals surface area contributed by atoms with E-state index in [2.05, 4.69) is 4.18 Å². The van der Waals surface area contributed by atoms with E-state index in [1.165, 1.54) is 0 Å². The third-order valence-corrected chi connectivity index (χ3v) is 5.94. The Hall–Kier alpha value is -3.37. The van der Waals surface area contributed by atoms with Crippen molar-refractivity contribution in [1.29, 1.82) is 0 Å². The number of alkyl halides is 10. The Kier molecular flexibility index (Phi) is 6.10. The normalized spacial score (nSPS) is 15.4. The van der Waals surface area contributed by atoms with Crippen molar-refractivity contribution in [2.45, 2.75) is 30.5 Å². The lowest BCUT2D eigenvalue weighted by atomic mass is 9.92. The lowest BCUT2D eigenvalue weighted by Crippen LogP contribution is -2.50. The average Bonchev–Trinajstić information content (AvgIpc) is 2.96. The Morgan fingerprint density at radius 2 is 1.36 bits per heavy atom. The minimum atomic E-state index is -6.44. The van der Waals surface area contributed by atoms with Crippen molar-refractivity contribution in [3.8, 4) is 5.75 Å². The highest BCUT2D eigenvalue weighted by Gasteiger charge is 2.73. The predicted molar refractivity (Wildman–Crippen MR) is 99.3 cm³/mol. The first-order valence-corrected chi connectivity index (χ1v) is 10.5. The Morgan fingerprint density at radius 1 is 0.806 bits per heavy atom. The number of hydrogen-bond donors (Lipinski definition) is 0. The van der Waals surface area contributed by atoms with E-state index in [0.29, 0.717) is 12.1 Å². The molecule has 2 amide bonds. The van der Waals surface area contributed by atoms with Gasteiger partial charge in [0.05, 0.1) is 16.8 Å². The number of imide groups is 1. The van der Waals surface area contributed by atoms with Crippen molar-refractivity contribution in [1.82, 2.24) is 0 Å². The number of carbonyl (C=O) groups excluding carboxylic acids is 2. The predicted octanol–water partition coefficient (Wildman–Crippen LogP) is 5.31. The van der Waals surface area contributed by atoms with E-state index in [-0.39, 0.29) is 17.0 Å². The van der Waals surface area contributed by atoms with Crippen LogP contribution in [0.2, 0.25) is 0 Å². The summed E-state index contributed by atoms with van der Waals surface area (Å²) in [5.74, 6) is -4.03. The summed E-state index contributed by atoms with van der Waals surface area (Å²) >= 11 is 0. The maximum atomic E-state index is 14.3. The number of fused-ring (bicyclic) bond motifs is 1. The lowest BCUT2D eigenvalue weighted by molar-refractivity contribution is -0.348. The van der Waals surface area contributed by atoms with Crippen molar-refractivity contribution in [3.05, 3.63) is 58.7 Å². The third-order valence-electron chi connectivity index (χ3n) is 4.98. The fourth-order valence-electron chi connectivity index (χ4n) is 3.32. The number of rotatable bonds is 4. The molecule has 1 aliphatic heterocycles. The van der Waals surface area contributed by atoms with E-state index in [1.807, 2.05) is 0 Å². The minimum absolute atomic E-state index is 0.0262. The molecule has 2 aromatic rings. The summed E-state index contributed by atoms with van der Waals surface area (Å²) in [6, 6.07) is 2.85. The van der Waals surface area contributed by atoms with Crippen LogP contribution < -0.4 is 9.08 Å². The van der Waals surface area contributed by atoms with E-state index < -0.39 is 79.2 Å². The van der Waals surface area contributed by atoms with Gasteiger partial charge in [0.2, 0.25) is 0 Å². The van der Waals surface area contributed by atoms with Gasteiger partial charge in [-0.25, -0.2) is 9.29 Å². The fourth-order valence-corrected chi connectivity index (χ4v) is 3.79. The molecule has 36 heavy (non-hydrogen) atoms. The van der Waals surface area contributed by atoms with Crippen LogP contribution in [0.4, 0.5) is 49.6 Å². The Bertz CT molecular complexity index is 1350. The molecule has 17 heteroatoms. The van der Waals surface area contributed by atoms with Gasteiger partial charge in [-0.1, -0.05) is 18.2 Å². The molecule has 0 N–H and O–H groups in total. The number of amides is 2. The molecule has 6 nitrogen and oxygen atoms in total. The molecule has 1 heterocycles. The van der Waals surface area contributed by atoms with Crippen LogP contribution in [0.15, 0.2) is 36.4 Å². The molecule has 0 saturated carbocycles. The molecule has 0 aromatic heterocycles. The second-order valence-corrected chi connectivity index (χ2v) is 8.80. The Labute approximate surface area is 194 Å². The number of benzene rings is 2. The zero-order chi connectivity index (χ0) is 27.6. The molecule has 2 aromatic carbocycles. The monoisotopic (exact) mass is 553 g/mol. The summed E-state index contributed by atoms with van der Waals surface area (Å²) in [5, 5.41) is 0. The molecule has 0 radical (unpaired) electrons. The van der Waals surface area contributed by atoms with Crippen molar-refractivity contribution < 1.29 is 66.1 Å². The third kappa shape index (κ3) is 4.04. The summed E-state index contributed by atoms with van der Waals surface area (Å²) in [7, 11) is -6.29. The van der Waals surface area contributed by atoms with Gasteiger partial charge < -0.3 is 4.18 Å². The SMILES string of the molecule is Cc1cc(C(F)(C(F)(F)F)C(F)(F)F)ccc1N1C(=O)c2cccc(OS(=O)(=O)C(F)(F)F)c2C1=O. The van der Waals surface area contributed by atoms with Crippen LogP contribution in [0.1, 0.15) is 31.8 Å². The van der Waals surface area contributed by atoms with Crippen LogP contribution in [0.3, 0.4) is 0 Å². The van der Waals surface area contributed by atoms with Gasteiger partial charge in [0.15, 0.2) is 5.75 Å². The second kappa shape index (κ2) is 8.07. The Balaban J connectivity index is 2.10. The van der Waals surface area contributed by atoms with Gasteiger partial charge in [-0.2, -0.15) is 47.9 Å². The number of hydrogen-bond acceptors (Lipinski definition) is 5. The van der Waals surface area contributed by atoms with Gasteiger partial charge in [-0.15, -0.1) is 0 Å². The van der Waals surface area contributed by atoms with Crippen molar-refractivity contribution in [2.24, 2.45) is 0 Å². The van der Waals surface area contributed by atoms with E-state index in [1.54, 1.807) is 0 Å². The van der Waals surface area contributed by atoms with Crippen molar-refractivity contribution >= 4 is 27.6 Å². The molecule has 196 valence electrons. The molecule has 0 fully saturated rings. The standard InChI is InChI=1S/C19H9F10NO5S/c1-8-7-9(16(20,17(21,22)23)18(24,25)26)5-6-11(8)30-14(31)10-3-2-4-12(13(10)15(30)32)35-36(33,34)19(27,28)29/h2-7H,1H3. The van der Waals surface area contributed by atoms with E-state index >= 15 is 0 Å². The van der Waals surface area contributed by atoms with Crippen molar-refractivity contribution in [2.75, 3.05) is 4.90 Å². The first kappa shape index (κ1) is 27.2. The van der Waals surface area contributed by atoms with Crippen LogP contribution >= 0.6 is 0 Å². The van der Waals surface area contributed by atoms with Crippen molar-refractivity contribution in [3.63, 3.8) is 0 Å². The molecule has 0 saturated heterocycles. The highest BCUT2D eigenvalue weighted by atomic mass is 32.2. The number of anilines is 1. The van der Waals surface area contributed by atoms with Gasteiger partial charge >= 0.3 is 33.6 Å². The number of carbonyl (C=O) groups is 2. The Morgan fingerprint density at radius 3 is 1.83 bits per heavy atom. The second-order valence-electron chi connectivity index (χ2n) is 7.26.